The molecule has 2 N–H and O–H groups in total. The van der Waals surface area contributed by atoms with Crippen molar-refractivity contribution in [2.75, 3.05) is 5.75 Å². The van der Waals surface area contributed by atoms with Gasteiger partial charge in [0, 0.05) is 31.8 Å². The molecule has 1 amide bonds. The number of primary amides is 1. The lowest BCUT2D eigenvalue weighted by atomic mass is 10.00. The maximum absolute atomic E-state index is 11.0. The number of amides is 1. The second-order valence-electron chi connectivity index (χ2n) is 4.94. The van der Waals surface area contributed by atoms with E-state index in [-0.39, 0.29) is 6.10 Å². The normalized spacial score (nSPS) is 16.9. The van der Waals surface area contributed by atoms with Crippen LogP contribution in [-0.4, -0.2) is 11.8 Å². The molecule has 114 valence electrons. The monoisotopic (exact) mass is 353 g/mol. The summed E-state index contributed by atoms with van der Waals surface area (Å²) in [5.74, 6) is 0.873. The summed E-state index contributed by atoms with van der Waals surface area (Å²) in [7, 11) is 0. The van der Waals surface area contributed by atoms with Crippen molar-refractivity contribution < 1.29 is 9.53 Å². The first kappa shape index (κ1) is 15.5. The van der Waals surface area contributed by atoms with Gasteiger partial charge in [-0.2, -0.15) is 0 Å². The highest BCUT2D eigenvalue weighted by atomic mass is 35.5. The highest BCUT2D eigenvalue weighted by Gasteiger charge is 2.24. The van der Waals surface area contributed by atoms with Gasteiger partial charge in [0.2, 0.25) is 0 Å². The number of ether oxygens (including phenoxy) is 1. The van der Waals surface area contributed by atoms with Crippen LogP contribution >= 0.6 is 35.0 Å². The van der Waals surface area contributed by atoms with Gasteiger partial charge in [-0.25, -0.2) is 4.79 Å². The van der Waals surface area contributed by atoms with Crippen LogP contribution in [0, 0.1) is 0 Å². The molecule has 0 saturated carbocycles. The predicted molar refractivity (Wildman–Crippen MR) is 90.6 cm³/mol. The molecule has 1 aliphatic rings. The first-order chi connectivity index (χ1) is 10.5. The fourth-order valence-corrected chi connectivity index (χ4v) is 4.03. The van der Waals surface area contributed by atoms with Crippen LogP contribution in [0.1, 0.15) is 18.1 Å². The lowest BCUT2D eigenvalue weighted by Gasteiger charge is -2.25. The maximum Gasteiger partial charge on any atom is 0.405 e. The molecule has 1 aliphatic heterocycles. The highest BCUT2D eigenvalue weighted by molar-refractivity contribution is 7.99. The van der Waals surface area contributed by atoms with Gasteiger partial charge in [-0.3, -0.25) is 0 Å². The van der Waals surface area contributed by atoms with Crippen LogP contribution in [0.5, 0.6) is 0 Å². The fourth-order valence-electron chi connectivity index (χ4n) is 2.51. The summed E-state index contributed by atoms with van der Waals surface area (Å²) >= 11 is 14.0. The van der Waals surface area contributed by atoms with Crippen LogP contribution in [0.2, 0.25) is 10.0 Å². The number of thioether (sulfide) groups is 1. The Morgan fingerprint density at radius 2 is 2.05 bits per heavy atom. The van der Waals surface area contributed by atoms with Crippen molar-refractivity contribution in [1.29, 1.82) is 0 Å². The minimum absolute atomic E-state index is 0.280. The number of halogens is 2. The van der Waals surface area contributed by atoms with Crippen molar-refractivity contribution >= 4 is 41.1 Å². The van der Waals surface area contributed by atoms with E-state index in [9.17, 15) is 4.79 Å². The van der Waals surface area contributed by atoms with Crippen LogP contribution in [0.25, 0.3) is 11.1 Å². The minimum Gasteiger partial charge on any atom is -0.441 e. The highest BCUT2D eigenvalue weighted by Crippen LogP contribution is 2.41. The van der Waals surface area contributed by atoms with Gasteiger partial charge >= 0.3 is 6.09 Å². The van der Waals surface area contributed by atoms with Gasteiger partial charge in [0.05, 0.1) is 0 Å². The number of carbonyl (C=O) groups is 1. The van der Waals surface area contributed by atoms with Crippen molar-refractivity contribution in [3.63, 3.8) is 0 Å². The maximum atomic E-state index is 11.0. The molecule has 0 radical (unpaired) electrons. The standard InChI is InChI=1S/C16H13Cl2NO2S/c17-10-2-4-13(18)12(8-10)9-1-3-11-14(21-16(19)20)5-6-22-15(11)7-9/h1-4,7-8,14H,5-6H2,(H2,19,20). The SMILES string of the molecule is NC(=O)OC1CCSc2cc(-c3cc(Cl)ccc3Cl)ccc21. The fraction of sp³-hybridized carbons (Fsp3) is 0.188. The molecule has 0 bridgehead atoms. The van der Waals surface area contributed by atoms with Crippen LogP contribution in [0.15, 0.2) is 41.3 Å². The number of hydrogen-bond acceptors (Lipinski definition) is 3. The summed E-state index contributed by atoms with van der Waals surface area (Å²) in [6, 6.07) is 11.4. The van der Waals surface area contributed by atoms with Crippen molar-refractivity contribution in [3.8, 4) is 11.1 Å². The minimum atomic E-state index is -0.746. The van der Waals surface area contributed by atoms with E-state index in [0.717, 1.165) is 33.8 Å². The third-order valence-corrected chi connectivity index (χ3v) is 5.16. The molecule has 1 heterocycles. The summed E-state index contributed by atoms with van der Waals surface area (Å²) in [5, 5.41) is 1.29. The van der Waals surface area contributed by atoms with E-state index in [0.29, 0.717) is 10.0 Å². The molecule has 22 heavy (non-hydrogen) atoms. The Labute approximate surface area is 142 Å². The largest absolute Gasteiger partial charge is 0.441 e. The number of benzene rings is 2. The first-order valence-electron chi connectivity index (χ1n) is 6.73. The lowest BCUT2D eigenvalue weighted by molar-refractivity contribution is 0.102. The van der Waals surface area contributed by atoms with Crippen LogP contribution in [0.4, 0.5) is 4.79 Å². The molecular formula is C16H13Cl2NO2S. The number of rotatable bonds is 2. The first-order valence-corrected chi connectivity index (χ1v) is 8.47. The molecule has 0 aromatic heterocycles. The Kier molecular flexibility index (Phi) is 4.52. The average Bonchev–Trinajstić information content (AvgIpc) is 2.49. The lowest BCUT2D eigenvalue weighted by Crippen LogP contribution is -2.20. The van der Waals surface area contributed by atoms with E-state index in [2.05, 4.69) is 0 Å². The molecule has 0 aliphatic carbocycles. The van der Waals surface area contributed by atoms with Crippen molar-refractivity contribution in [1.82, 2.24) is 0 Å². The number of carbonyl (C=O) groups excluding carboxylic acids is 1. The van der Waals surface area contributed by atoms with Gasteiger partial charge in [0.1, 0.15) is 6.10 Å². The van der Waals surface area contributed by atoms with E-state index in [4.69, 9.17) is 33.7 Å². The Bertz CT molecular complexity index is 736. The molecule has 2 aromatic rings. The smallest absolute Gasteiger partial charge is 0.405 e. The van der Waals surface area contributed by atoms with Crippen molar-refractivity contribution in [2.45, 2.75) is 17.4 Å². The zero-order valence-electron chi connectivity index (χ0n) is 11.5. The Morgan fingerprint density at radius 1 is 1.23 bits per heavy atom. The third-order valence-electron chi connectivity index (χ3n) is 3.50. The van der Waals surface area contributed by atoms with Gasteiger partial charge in [0.15, 0.2) is 0 Å². The van der Waals surface area contributed by atoms with Gasteiger partial charge in [-0.15, -0.1) is 11.8 Å². The molecule has 6 heteroatoms. The zero-order valence-corrected chi connectivity index (χ0v) is 13.8. The van der Waals surface area contributed by atoms with E-state index in [1.807, 2.05) is 24.3 Å². The van der Waals surface area contributed by atoms with Gasteiger partial charge in [-0.1, -0.05) is 35.3 Å². The van der Waals surface area contributed by atoms with E-state index >= 15 is 0 Å². The molecule has 0 saturated heterocycles. The summed E-state index contributed by atoms with van der Waals surface area (Å²) < 4.78 is 5.18. The topological polar surface area (TPSA) is 52.3 Å². The molecule has 3 rings (SSSR count). The molecular weight excluding hydrogens is 341 g/mol. The molecule has 2 aromatic carbocycles. The number of nitrogens with two attached hydrogens (primary N) is 1. The molecule has 1 unspecified atom stereocenters. The van der Waals surface area contributed by atoms with Gasteiger partial charge in [0.25, 0.3) is 0 Å². The predicted octanol–water partition coefficient (Wildman–Crippen LogP) is 5.29. The molecule has 0 spiro atoms. The Morgan fingerprint density at radius 3 is 2.82 bits per heavy atom. The van der Waals surface area contributed by atoms with Crippen LogP contribution in [0.3, 0.4) is 0 Å². The van der Waals surface area contributed by atoms with Gasteiger partial charge in [-0.05, 0) is 36.2 Å². The Hall–Kier alpha value is -1.36. The van der Waals surface area contributed by atoms with E-state index < -0.39 is 6.09 Å². The van der Waals surface area contributed by atoms with Crippen molar-refractivity contribution in [3.05, 3.63) is 52.0 Å². The zero-order chi connectivity index (χ0) is 15.7. The van der Waals surface area contributed by atoms with Crippen LogP contribution < -0.4 is 5.73 Å². The second-order valence-corrected chi connectivity index (χ2v) is 6.92. The number of fused-ring (bicyclic) bond motifs is 1. The average molecular weight is 354 g/mol. The summed E-state index contributed by atoms with van der Waals surface area (Å²) in [6.45, 7) is 0. The van der Waals surface area contributed by atoms with E-state index in [1.165, 1.54) is 0 Å². The summed E-state index contributed by atoms with van der Waals surface area (Å²) in [4.78, 5) is 12.1. The summed E-state index contributed by atoms with van der Waals surface area (Å²) in [5.41, 5.74) is 7.99. The Balaban J connectivity index is 2.00. The second kappa shape index (κ2) is 6.41. The number of hydrogen-bond donors (Lipinski definition) is 1. The molecule has 3 nitrogen and oxygen atoms in total. The van der Waals surface area contributed by atoms with E-state index in [1.54, 1.807) is 23.9 Å². The summed E-state index contributed by atoms with van der Waals surface area (Å²) in [6.07, 6.45) is -0.264. The third kappa shape index (κ3) is 3.19. The molecule has 1 atom stereocenters. The van der Waals surface area contributed by atoms with Crippen molar-refractivity contribution in [2.24, 2.45) is 5.73 Å². The quantitative estimate of drug-likeness (QED) is 0.797. The van der Waals surface area contributed by atoms with Crippen LogP contribution in [-0.2, 0) is 4.74 Å². The van der Waals surface area contributed by atoms with Gasteiger partial charge < -0.3 is 10.5 Å². The molecule has 0 fully saturated rings.